The van der Waals surface area contributed by atoms with Crippen molar-refractivity contribution in [3.8, 4) is 0 Å². The molecule has 1 fully saturated rings. The van der Waals surface area contributed by atoms with Gasteiger partial charge in [-0.05, 0) is 42.5 Å². The zero-order valence-corrected chi connectivity index (χ0v) is 18.1. The van der Waals surface area contributed by atoms with Crippen LogP contribution in [0.1, 0.15) is 24.0 Å². The second-order valence-corrected chi connectivity index (χ2v) is 9.40. The van der Waals surface area contributed by atoms with Gasteiger partial charge in [-0.25, -0.2) is 0 Å². The van der Waals surface area contributed by atoms with Crippen LogP contribution in [-0.4, -0.2) is 59.0 Å². The van der Waals surface area contributed by atoms with Gasteiger partial charge in [0.2, 0.25) is 11.8 Å². The fraction of sp³-hybridized carbons (Fsp3) is 0.375. The molecule has 2 aromatic rings. The van der Waals surface area contributed by atoms with Gasteiger partial charge >= 0.3 is 0 Å². The number of thioether (sulfide) groups is 1. The predicted octanol–water partition coefficient (Wildman–Crippen LogP) is 2.70. The summed E-state index contributed by atoms with van der Waals surface area (Å²) < 4.78 is 0. The van der Waals surface area contributed by atoms with Crippen LogP contribution >= 0.6 is 11.8 Å². The highest BCUT2D eigenvalue weighted by atomic mass is 32.2. The first-order chi connectivity index (χ1) is 15.1. The third-order valence-electron chi connectivity index (χ3n) is 6.31. The molecule has 0 saturated carbocycles. The van der Waals surface area contributed by atoms with Gasteiger partial charge in [-0.15, -0.1) is 11.8 Å². The van der Waals surface area contributed by atoms with E-state index in [1.54, 1.807) is 4.90 Å². The number of para-hydroxylation sites is 1. The Morgan fingerprint density at radius 2 is 1.61 bits per heavy atom. The van der Waals surface area contributed by atoms with Gasteiger partial charge in [-0.2, -0.15) is 0 Å². The molecule has 0 N–H and O–H groups in total. The molecular weight excluding hydrogens is 410 g/mol. The molecule has 0 aromatic heterocycles. The number of rotatable bonds is 3. The van der Waals surface area contributed by atoms with E-state index >= 15 is 0 Å². The van der Waals surface area contributed by atoms with Gasteiger partial charge in [0, 0.05) is 31.1 Å². The Kier molecular flexibility index (Phi) is 5.44. The summed E-state index contributed by atoms with van der Waals surface area (Å²) in [5.74, 6) is -0.505. The molecule has 3 aliphatic rings. The number of likely N-dealkylation sites (tertiary alicyclic amines) is 1. The van der Waals surface area contributed by atoms with E-state index in [1.165, 1.54) is 22.2 Å². The molecule has 3 heterocycles. The van der Waals surface area contributed by atoms with Gasteiger partial charge in [0.15, 0.2) is 5.25 Å². The third kappa shape index (κ3) is 3.83. The summed E-state index contributed by atoms with van der Waals surface area (Å²) in [5, 5.41) is -0.817. The summed E-state index contributed by atoms with van der Waals surface area (Å²) in [6, 6.07) is 15.7. The third-order valence-corrected chi connectivity index (χ3v) is 7.55. The number of hydrogen-bond acceptors (Lipinski definition) is 4. The van der Waals surface area contributed by atoms with Crippen molar-refractivity contribution in [1.29, 1.82) is 0 Å². The van der Waals surface area contributed by atoms with Gasteiger partial charge < -0.3 is 14.7 Å². The maximum Gasteiger partial charge on any atom is 0.250 e. The molecular formula is C24H25N3O3S. The minimum atomic E-state index is -0.817. The maximum absolute atomic E-state index is 13.4. The number of carbonyl (C=O) groups is 3. The second-order valence-electron chi connectivity index (χ2n) is 8.26. The zero-order chi connectivity index (χ0) is 21.4. The molecule has 31 heavy (non-hydrogen) atoms. The van der Waals surface area contributed by atoms with Gasteiger partial charge in [-0.3, -0.25) is 14.4 Å². The smallest absolute Gasteiger partial charge is 0.250 e. The highest BCUT2D eigenvalue weighted by Crippen LogP contribution is 2.40. The molecule has 0 spiro atoms. The molecule has 0 unspecified atom stereocenters. The summed E-state index contributed by atoms with van der Waals surface area (Å²) in [7, 11) is 0. The summed E-state index contributed by atoms with van der Waals surface area (Å²) in [5.41, 5.74) is 3.15. The van der Waals surface area contributed by atoms with Crippen molar-refractivity contribution in [3.05, 3.63) is 59.7 Å². The number of anilines is 1. The minimum Gasteiger partial charge on any atom is -0.341 e. The van der Waals surface area contributed by atoms with E-state index < -0.39 is 5.25 Å². The van der Waals surface area contributed by atoms with Crippen molar-refractivity contribution >= 4 is 35.2 Å². The molecule has 7 heteroatoms. The number of hydrogen-bond donors (Lipinski definition) is 0. The normalized spacial score (nSPS) is 20.5. The summed E-state index contributed by atoms with van der Waals surface area (Å²) in [6.45, 7) is 2.57. The van der Waals surface area contributed by atoms with Crippen LogP contribution in [-0.2, 0) is 27.3 Å². The number of fused-ring (bicyclic) bond motifs is 2. The molecule has 0 aliphatic carbocycles. The number of carbonyl (C=O) groups excluding carboxylic acids is 3. The number of nitrogens with zero attached hydrogens (tertiary/aromatic N) is 3. The zero-order valence-electron chi connectivity index (χ0n) is 17.3. The molecule has 1 atom stereocenters. The molecule has 6 nitrogen and oxygen atoms in total. The SMILES string of the molecule is O=C(CN1C(=O)[C@H](C(=O)N2CCCC2)Sc2ccccc21)N1CCc2ccccc2C1. The Morgan fingerprint density at radius 1 is 0.903 bits per heavy atom. The van der Waals surface area contributed by atoms with Crippen molar-refractivity contribution < 1.29 is 14.4 Å². The van der Waals surface area contributed by atoms with Gasteiger partial charge in [0.25, 0.3) is 5.91 Å². The van der Waals surface area contributed by atoms with Crippen molar-refractivity contribution in [1.82, 2.24) is 9.80 Å². The predicted molar refractivity (Wildman–Crippen MR) is 120 cm³/mol. The van der Waals surface area contributed by atoms with E-state index in [9.17, 15) is 14.4 Å². The summed E-state index contributed by atoms with van der Waals surface area (Å²) >= 11 is 1.31. The highest BCUT2D eigenvalue weighted by molar-refractivity contribution is 8.01. The molecule has 5 rings (SSSR count). The van der Waals surface area contributed by atoms with Crippen LogP contribution in [0, 0.1) is 0 Å². The van der Waals surface area contributed by atoms with Crippen LogP contribution in [0.4, 0.5) is 5.69 Å². The minimum absolute atomic E-state index is 0.0393. The first-order valence-corrected chi connectivity index (χ1v) is 11.7. The lowest BCUT2D eigenvalue weighted by atomic mass is 10.00. The lowest BCUT2D eigenvalue weighted by Gasteiger charge is -2.36. The average Bonchev–Trinajstić information content (AvgIpc) is 3.35. The molecule has 2 aromatic carbocycles. The van der Waals surface area contributed by atoms with Crippen molar-refractivity contribution in [2.24, 2.45) is 0 Å². The first-order valence-electron chi connectivity index (χ1n) is 10.8. The van der Waals surface area contributed by atoms with Gasteiger partial charge in [0.1, 0.15) is 6.54 Å². The first kappa shape index (κ1) is 20.1. The van der Waals surface area contributed by atoms with E-state index in [0.717, 1.165) is 29.7 Å². The Morgan fingerprint density at radius 3 is 2.42 bits per heavy atom. The quantitative estimate of drug-likeness (QED) is 0.696. The standard InChI is InChI=1S/C24H25N3O3S/c28-21(26-14-11-17-7-1-2-8-18(17)15-26)16-27-19-9-3-4-10-20(19)31-22(24(27)30)23(29)25-12-5-6-13-25/h1-4,7-10,22H,5-6,11-16H2/t22-/m0/s1. The van der Waals surface area contributed by atoms with Crippen LogP contribution in [0.25, 0.3) is 0 Å². The second kappa shape index (κ2) is 8.38. The molecule has 160 valence electrons. The lowest BCUT2D eigenvalue weighted by Crippen LogP contribution is -2.52. The molecule has 3 amide bonds. The van der Waals surface area contributed by atoms with Crippen LogP contribution in [0.3, 0.4) is 0 Å². The largest absolute Gasteiger partial charge is 0.341 e. The van der Waals surface area contributed by atoms with E-state index in [1.807, 2.05) is 41.3 Å². The maximum atomic E-state index is 13.4. The van der Waals surface area contributed by atoms with E-state index in [4.69, 9.17) is 0 Å². The fourth-order valence-electron chi connectivity index (χ4n) is 4.58. The molecule has 3 aliphatic heterocycles. The van der Waals surface area contributed by atoms with E-state index in [2.05, 4.69) is 12.1 Å². The van der Waals surface area contributed by atoms with Crippen LogP contribution in [0.5, 0.6) is 0 Å². The monoisotopic (exact) mass is 435 g/mol. The number of amides is 3. The topological polar surface area (TPSA) is 60.9 Å². The van der Waals surface area contributed by atoms with Crippen molar-refractivity contribution in [2.45, 2.75) is 36.0 Å². The molecule has 1 saturated heterocycles. The Balaban J connectivity index is 1.37. The van der Waals surface area contributed by atoms with Crippen LogP contribution < -0.4 is 4.90 Å². The Labute approximate surface area is 186 Å². The summed E-state index contributed by atoms with van der Waals surface area (Å²) in [6.07, 6.45) is 2.78. The highest BCUT2D eigenvalue weighted by Gasteiger charge is 2.41. The van der Waals surface area contributed by atoms with Crippen LogP contribution in [0.2, 0.25) is 0 Å². The average molecular weight is 436 g/mol. The number of benzene rings is 2. The van der Waals surface area contributed by atoms with Gasteiger partial charge in [-0.1, -0.05) is 36.4 Å². The van der Waals surface area contributed by atoms with Gasteiger partial charge in [0.05, 0.1) is 5.69 Å². The van der Waals surface area contributed by atoms with E-state index in [0.29, 0.717) is 31.9 Å². The molecule has 0 radical (unpaired) electrons. The van der Waals surface area contributed by atoms with Crippen LogP contribution in [0.15, 0.2) is 53.4 Å². The summed E-state index contributed by atoms with van der Waals surface area (Å²) in [4.78, 5) is 45.6. The van der Waals surface area contributed by atoms with Crippen molar-refractivity contribution in [3.63, 3.8) is 0 Å². The fourth-order valence-corrected chi connectivity index (χ4v) is 5.77. The van der Waals surface area contributed by atoms with E-state index in [-0.39, 0.29) is 24.3 Å². The Hall–Kier alpha value is -2.80. The van der Waals surface area contributed by atoms with Crippen molar-refractivity contribution in [2.75, 3.05) is 31.1 Å². The Bertz CT molecular complexity index is 1030. The lowest BCUT2D eigenvalue weighted by molar-refractivity contribution is -0.136. The molecule has 0 bridgehead atoms.